The van der Waals surface area contributed by atoms with Crippen molar-refractivity contribution in [1.29, 1.82) is 0 Å². The summed E-state index contributed by atoms with van der Waals surface area (Å²) in [5.41, 5.74) is 3.38. The highest BCUT2D eigenvalue weighted by molar-refractivity contribution is 5.87. The van der Waals surface area contributed by atoms with Crippen molar-refractivity contribution in [2.24, 2.45) is 0 Å². The lowest BCUT2D eigenvalue weighted by Crippen LogP contribution is -2.36. The van der Waals surface area contributed by atoms with Crippen LogP contribution in [0.4, 0.5) is 0 Å². The van der Waals surface area contributed by atoms with E-state index < -0.39 is 0 Å². The molecule has 0 bridgehead atoms. The summed E-state index contributed by atoms with van der Waals surface area (Å²) >= 11 is 0. The van der Waals surface area contributed by atoms with E-state index in [2.05, 4.69) is 4.90 Å². The summed E-state index contributed by atoms with van der Waals surface area (Å²) in [5, 5.41) is 20.1. The zero-order valence-corrected chi connectivity index (χ0v) is 14.3. The number of hydrogen-bond acceptors (Lipinski definition) is 6. The molecule has 0 unspecified atom stereocenters. The van der Waals surface area contributed by atoms with Crippen molar-refractivity contribution in [2.75, 3.05) is 32.9 Å². The molecular weight excluding hydrogens is 322 g/mol. The van der Waals surface area contributed by atoms with Crippen molar-refractivity contribution in [3.63, 3.8) is 0 Å². The van der Waals surface area contributed by atoms with Gasteiger partial charge in [-0.3, -0.25) is 0 Å². The predicted octanol–water partition coefficient (Wildman–Crippen LogP) is 2.42. The summed E-state index contributed by atoms with van der Waals surface area (Å²) in [6.07, 6.45) is 2.92. The van der Waals surface area contributed by atoms with Crippen LogP contribution in [0.3, 0.4) is 0 Å². The first-order valence-corrected chi connectivity index (χ1v) is 8.56. The Morgan fingerprint density at radius 3 is 2.76 bits per heavy atom. The molecule has 0 amide bonds. The molecule has 0 aromatic heterocycles. The third kappa shape index (κ3) is 3.79. The summed E-state index contributed by atoms with van der Waals surface area (Å²) in [4.78, 5) is 14.1. The monoisotopic (exact) mass is 345 g/mol. The van der Waals surface area contributed by atoms with Gasteiger partial charge >= 0.3 is 5.97 Å². The van der Waals surface area contributed by atoms with Gasteiger partial charge in [0, 0.05) is 30.4 Å². The smallest absolute Gasteiger partial charge is 0.331 e. The number of rotatable bonds is 4. The van der Waals surface area contributed by atoms with Crippen LogP contribution in [0.5, 0.6) is 11.5 Å². The number of morpholine rings is 1. The van der Waals surface area contributed by atoms with Crippen LogP contribution in [-0.4, -0.2) is 54.0 Å². The van der Waals surface area contributed by atoms with Gasteiger partial charge in [0.1, 0.15) is 11.5 Å². The quantitative estimate of drug-likeness (QED) is 0.496. The van der Waals surface area contributed by atoms with E-state index in [1.54, 1.807) is 19.1 Å². The van der Waals surface area contributed by atoms with Crippen LogP contribution in [0.25, 0.3) is 5.57 Å². The molecule has 6 nitrogen and oxygen atoms in total. The summed E-state index contributed by atoms with van der Waals surface area (Å²) in [6.45, 7) is 4.79. The van der Waals surface area contributed by atoms with Crippen molar-refractivity contribution in [2.45, 2.75) is 19.8 Å². The molecule has 0 saturated carbocycles. The summed E-state index contributed by atoms with van der Waals surface area (Å²) in [7, 11) is 0. The van der Waals surface area contributed by atoms with E-state index in [1.807, 2.05) is 0 Å². The van der Waals surface area contributed by atoms with Crippen LogP contribution in [0.1, 0.15) is 25.3 Å². The molecule has 6 heteroatoms. The molecule has 134 valence electrons. The van der Waals surface area contributed by atoms with Gasteiger partial charge in [0.15, 0.2) is 0 Å². The van der Waals surface area contributed by atoms with Gasteiger partial charge in [-0.1, -0.05) is 0 Å². The number of nitrogens with zero attached hydrogens (tertiary/aromatic N) is 1. The second-order valence-electron chi connectivity index (χ2n) is 6.05. The van der Waals surface area contributed by atoms with Crippen molar-refractivity contribution < 1.29 is 24.5 Å². The van der Waals surface area contributed by atoms with E-state index in [9.17, 15) is 15.0 Å². The SMILES string of the molecule is CCOC(=O)C=C1CCC(c2cc(O)ccc2O)=C1N1CCOCC1. The largest absolute Gasteiger partial charge is 0.508 e. The zero-order valence-electron chi connectivity index (χ0n) is 14.3. The van der Waals surface area contributed by atoms with Crippen molar-refractivity contribution in [3.8, 4) is 11.5 Å². The van der Waals surface area contributed by atoms with Gasteiger partial charge in [-0.05, 0) is 49.1 Å². The molecule has 0 atom stereocenters. The van der Waals surface area contributed by atoms with Gasteiger partial charge in [-0.25, -0.2) is 4.79 Å². The Labute approximate surface area is 147 Å². The summed E-state index contributed by atoms with van der Waals surface area (Å²) < 4.78 is 10.5. The van der Waals surface area contributed by atoms with Crippen LogP contribution in [0.2, 0.25) is 0 Å². The molecule has 2 N–H and O–H groups in total. The molecular formula is C19H23NO5. The molecule has 1 heterocycles. The average molecular weight is 345 g/mol. The van der Waals surface area contributed by atoms with Gasteiger partial charge in [0.05, 0.1) is 19.8 Å². The lowest BCUT2D eigenvalue weighted by molar-refractivity contribution is -0.137. The number of esters is 1. The first-order chi connectivity index (χ1) is 12.1. The average Bonchev–Trinajstić information content (AvgIpc) is 3.01. The first-order valence-electron chi connectivity index (χ1n) is 8.56. The second-order valence-corrected chi connectivity index (χ2v) is 6.05. The molecule has 1 saturated heterocycles. The fourth-order valence-electron chi connectivity index (χ4n) is 3.37. The number of carbonyl (C=O) groups excluding carboxylic acids is 1. The molecule has 1 aliphatic carbocycles. The van der Waals surface area contributed by atoms with Gasteiger partial charge in [0.25, 0.3) is 0 Å². The number of phenols is 2. The Bertz CT molecular complexity index is 717. The van der Waals surface area contributed by atoms with E-state index in [0.29, 0.717) is 38.2 Å². The van der Waals surface area contributed by atoms with Crippen LogP contribution in [0.15, 0.2) is 35.5 Å². The molecule has 1 aliphatic heterocycles. The minimum Gasteiger partial charge on any atom is -0.508 e. The number of ether oxygens (including phenoxy) is 2. The number of allylic oxidation sites excluding steroid dienone is 2. The minimum atomic E-state index is -0.357. The number of phenolic OH excluding ortho intramolecular Hbond substituents is 2. The first kappa shape index (κ1) is 17.4. The van der Waals surface area contributed by atoms with Crippen molar-refractivity contribution >= 4 is 11.5 Å². The zero-order chi connectivity index (χ0) is 17.8. The second kappa shape index (κ2) is 7.61. The topological polar surface area (TPSA) is 79.2 Å². The number of benzene rings is 1. The Morgan fingerprint density at radius 1 is 1.28 bits per heavy atom. The van der Waals surface area contributed by atoms with Crippen LogP contribution in [-0.2, 0) is 14.3 Å². The predicted molar refractivity (Wildman–Crippen MR) is 93.0 cm³/mol. The van der Waals surface area contributed by atoms with Crippen molar-refractivity contribution in [1.82, 2.24) is 4.90 Å². The Hall–Kier alpha value is -2.47. The van der Waals surface area contributed by atoms with E-state index in [-0.39, 0.29) is 17.5 Å². The molecule has 1 fully saturated rings. The van der Waals surface area contributed by atoms with E-state index >= 15 is 0 Å². The van der Waals surface area contributed by atoms with Crippen LogP contribution < -0.4 is 0 Å². The Morgan fingerprint density at radius 2 is 2.04 bits per heavy atom. The minimum absolute atomic E-state index is 0.101. The molecule has 1 aromatic carbocycles. The molecule has 25 heavy (non-hydrogen) atoms. The van der Waals surface area contributed by atoms with Crippen molar-refractivity contribution in [3.05, 3.63) is 41.1 Å². The van der Waals surface area contributed by atoms with Gasteiger partial charge in [-0.15, -0.1) is 0 Å². The highest BCUT2D eigenvalue weighted by Crippen LogP contribution is 2.43. The Kier molecular flexibility index (Phi) is 5.28. The normalized spacial score (nSPS) is 19.6. The van der Waals surface area contributed by atoms with Crippen LogP contribution >= 0.6 is 0 Å². The summed E-state index contributed by atoms with van der Waals surface area (Å²) in [5.74, 6) is -0.134. The number of aromatic hydroxyl groups is 2. The maximum Gasteiger partial charge on any atom is 0.331 e. The van der Waals surface area contributed by atoms with Gasteiger partial charge in [-0.2, -0.15) is 0 Å². The fraction of sp³-hybridized carbons (Fsp3) is 0.421. The third-order valence-electron chi connectivity index (χ3n) is 4.45. The maximum atomic E-state index is 11.9. The lowest BCUT2D eigenvalue weighted by atomic mass is 10.0. The molecule has 2 aliphatic rings. The highest BCUT2D eigenvalue weighted by Gasteiger charge is 2.29. The third-order valence-corrected chi connectivity index (χ3v) is 4.45. The number of hydrogen-bond donors (Lipinski definition) is 2. The summed E-state index contributed by atoms with van der Waals surface area (Å²) in [6, 6.07) is 4.51. The highest BCUT2D eigenvalue weighted by atomic mass is 16.5. The molecule has 0 radical (unpaired) electrons. The van der Waals surface area contributed by atoms with Gasteiger partial charge in [0.2, 0.25) is 0 Å². The van der Waals surface area contributed by atoms with Crippen LogP contribution in [0, 0.1) is 0 Å². The number of carbonyl (C=O) groups is 1. The van der Waals surface area contributed by atoms with Gasteiger partial charge < -0.3 is 24.6 Å². The molecule has 1 aromatic rings. The van der Waals surface area contributed by atoms with E-state index in [1.165, 1.54) is 12.1 Å². The Balaban J connectivity index is 2.06. The fourth-order valence-corrected chi connectivity index (χ4v) is 3.37. The molecule has 0 spiro atoms. The van der Waals surface area contributed by atoms with E-state index in [0.717, 1.165) is 29.9 Å². The molecule has 3 rings (SSSR count). The standard InChI is InChI=1S/C19H23NO5/c1-2-25-18(23)11-13-3-5-15(16-12-14(21)4-6-17(16)22)19(13)20-7-9-24-10-8-20/h4,6,11-12,21-22H,2-3,5,7-10H2,1H3. The maximum absolute atomic E-state index is 11.9. The lowest BCUT2D eigenvalue weighted by Gasteiger charge is -2.32. The van der Waals surface area contributed by atoms with E-state index in [4.69, 9.17) is 9.47 Å².